The number of ketones is 2. The Morgan fingerprint density at radius 1 is 0.921 bits per heavy atom. The van der Waals surface area contributed by atoms with Crippen molar-refractivity contribution in [2.45, 2.75) is 69.4 Å². The van der Waals surface area contributed by atoms with E-state index in [1.54, 1.807) is 36.4 Å². The number of benzene rings is 2. The molecule has 1 aliphatic carbocycles. The summed E-state index contributed by atoms with van der Waals surface area (Å²) in [5.74, 6) is -4.53. The molecule has 38 heavy (non-hydrogen) atoms. The minimum Gasteiger partial charge on any atom is -0.530 e. The third-order valence-electron chi connectivity index (χ3n) is 6.68. The molecule has 1 unspecified atom stereocenters. The van der Waals surface area contributed by atoms with Crippen LogP contribution in [0.15, 0.2) is 65.6 Å². The minimum absolute atomic E-state index is 0.144. The van der Waals surface area contributed by atoms with E-state index >= 15 is 0 Å². The number of amides is 2. The maximum atomic E-state index is 13.6. The standard InChI is InChI=1S/C28H34N2O7S/c1-28(2,3)30(27(34)35)23(18-20-12-6-4-7-13-20)24(31)25(32)26(33)29(19-21-14-10-11-15-21)38(36,37)22-16-8-5-9-17-22/h4-9,12-13,16-17,21,23H,10-11,14-15,18-19H2,1-3H3,(H,34,35)/p-1. The second-order valence-electron chi connectivity index (χ2n) is 10.5. The summed E-state index contributed by atoms with van der Waals surface area (Å²) < 4.78 is 27.4. The maximum Gasteiger partial charge on any atom is 0.311 e. The molecule has 0 bridgehead atoms. The number of carboxylic acid groups (broad SMARTS) is 1. The number of carbonyl (C=O) groups is 4. The molecule has 2 aromatic rings. The van der Waals surface area contributed by atoms with Crippen molar-refractivity contribution in [3.8, 4) is 0 Å². The number of nitrogens with zero attached hydrogens (tertiary/aromatic N) is 2. The van der Waals surface area contributed by atoms with Crippen LogP contribution >= 0.6 is 0 Å². The second kappa shape index (κ2) is 11.9. The van der Waals surface area contributed by atoms with E-state index < -0.39 is 45.2 Å². The number of rotatable bonds is 10. The van der Waals surface area contributed by atoms with Gasteiger partial charge in [0.25, 0.3) is 15.8 Å². The van der Waals surface area contributed by atoms with Crippen molar-refractivity contribution in [3.05, 3.63) is 66.2 Å². The van der Waals surface area contributed by atoms with E-state index in [0.29, 0.717) is 22.7 Å². The second-order valence-corrected chi connectivity index (χ2v) is 12.4. The summed E-state index contributed by atoms with van der Waals surface area (Å²) in [5, 5.41) is 12.1. The molecule has 0 spiro atoms. The van der Waals surface area contributed by atoms with E-state index in [0.717, 1.165) is 17.7 Å². The zero-order chi connectivity index (χ0) is 28.1. The topological polar surface area (TPSA) is 132 Å². The summed E-state index contributed by atoms with van der Waals surface area (Å²) in [5.41, 5.74) is -0.599. The summed E-state index contributed by atoms with van der Waals surface area (Å²) >= 11 is 0. The largest absolute Gasteiger partial charge is 0.530 e. The number of carbonyl (C=O) groups excluding carboxylic acids is 4. The smallest absolute Gasteiger partial charge is 0.311 e. The van der Waals surface area contributed by atoms with Gasteiger partial charge in [0.05, 0.1) is 4.90 Å². The third-order valence-corrected chi connectivity index (χ3v) is 8.44. The van der Waals surface area contributed by atoms with Crippen molar-refractivity contribution >= 4 is 33.6 Å². The molecule has 0 aromatic heterocycles. The van der Waals surface area contributed by atoms with Gasteiger partial charge in [0.1, 0.15) is 12.1 Å². The molecule has 1 saturated carbocycles. The highest BCUT2D eigenvalue weighted by Crippen LogP contribution is 2.28. The van der Waals surface area contributed by atoms with E-state index in [1.165, 1.54) is 45.0 Å². The summed E-state index contributed by atoms with van der Waals surface area (Å²) in [6.45, 7) is 4.37. The van der Waals surface area contributed by atoms with Crippen LogP contribution in [0, 0.1) is 5.92 Å². The lowest BCUT2D eigenvalue weighted by molar-refractivity contribution is -0.272. The molecule has 1 fully saturated rings. The minimum atomic E-state index is -4.45. The lowest BCUT2D eigenvalue weighted by Crippen LogP contribution is -2.61. The Morgan fingerprint density at radius 2 is 1.45 bits per heavy atom. The van der Waals surface area contributed by atoms with Crippen molar-refractivity contribution in [3.63, 3.8) is 0 Å². The van der Waals surface area contributed by atoms with Gasteiger partial charge in [0.15, 0.2) is 0 Å². The highest BCUT2D eigenvalue weighted by molar-refractivity contribution is 7.89. The lowest BCUT2D eigenvalue weighted by atomic mass is 9.93. The van der Waals surface area contributed by atoms with Crippen molar-refractivity contribution in [2.75, 3.05) is 6.54 Å². The number of hydrogen-bond acceptors (Lipinski definition) is 7. The van der Waals surface area contributed by atoms with Gasteiger partial charge in [-0.25, -0.2) is 12.7 Å². The van der Waals surface area contributed by atoms with Crippen molar-refractivity contribution in [1.82, 2.24) is 9.21 Å². The van der Waals surface area contributed by atoms with Gasteiger partial charge >= 0.3 is 5.91 Å². The molecular formula is C28H33N2O7S-. The summed E-state index contributed by atoms with van der Waals surface area (Å²) in [6.07, 6.45) is 1.24. The number of hydrogen-bond donors (Lipinski definition) is 0. The molecule has 10 heteroatoms. The molecule has 2 aromatic carbocycles. The van der Waals surface area contributed by atoms with Crippen molar-refractivity contribution in [1.29, 1.82) is 0 Å². The molecule has 0 heterocycles. The van der Waals surface area contributed by atoms with Gasteiger partial charge < -0.3 is 14.8 Å². The van der Waals surface area contributed by atoms with E-state index in [-0.39, 0.29) is 23.8 Å². The Kier molecular flexibility index (Phi) is 9.09. The SMILES string of the molecule is CC(C)(C)N(C(=O)[O-])C(Cc1ccccc1)C(=O)C(=O)C(=O)N(CC1CCCC1)S(=O)(=O)c1ccccc1. The van der Waals surface area contributed by atoms with Crippen LogP contribution in [-0.2, 0) is 30.8 Å². The van der Waals surface area contributed by atoms with Crippen LogP contribution in [0.3, 0.4) is 0 Å². The summed E-state index contributed by atoms with van der Waals surface area (Å²) in [6, 6.07) is 14.1. The average Bonchev–Trinajstić information content (AvgIpc) is 3.39. The van der Waals surface area contributed by atoms with Gasteiger partial charge in [-0.05, 0) is 57.2 Å². The van der Waals surface area contributed by atoms with Gasteiger partial charge in [0.2, 0.25) is 5.78 Å². The molecule has 9 nitrogen and oxygen atoms in total. The molecule has 204 valence electrons. The Balaban J connectivity index is 2.01. The van der Waals surface area contributed by atoms with Crippen LogP contribution < -0.4 is 5.11 Å². The Morgan fingerprint density at radius 3 is 1.95 bits per heavy atom. The Labute approximate surface area is 223 Å². The van der Waals surface area contributed by atoms with Crippen LogP contribution in [0.5, 0.6) is 0 Å². The van der Waals surface area contributed by atoms with Gasteiger partial charge in [0, 0.05) is 18.5 Å². The maximum absolute atomic E-state index is 13.6. The van der Waals surface area contributed by atoms with Crippen LogP contribution in [0.1, 0.15) is 52.0 Å². The van der Waals surface area contributed by atoms with Crippen molar-refractivity contribution in [2.24, 2.45) is 5.92 Å². The predicted molar refractivity (Wildman–Crippen MR) is 138 cm³/mol. The molecule has 3 rings (SSSR count). The van der Waals surface area contributed by atoms with Gasteiger partial charge in [-0.2, -0.15) is 0 Å². The van der Waals surface area contributed by atoms with E-state index in [4.69, 9.17) is 0 Å². The molecule has 0 aliphatic heterocycles. The molecule has 2 amide bonds. The fourth-order valence-electron chi connectivity index (χ4n) is 4.81. The predicted octanol–water partition coefficient (Wildman–Crippen LogP) is 2.59. The van der Waals surface area contributed by atoms with E-state index in [1.807, 2.05) is 0 Å². The van der Waals surface area contributed by atoms with Gasteiger partial charge in [-0.1, -0.05) is 61.4 Å². The molecule has 1 aliphatic rings. The first kappa shape index (κ1) is 29.0. The first-order valence-corrected chi connectivity index (χ1v) is 14.0. The van der Waals surface area contributed by atoms with Crippen LogP contribution in [-0.4, -0.2) is 59.3 Å². The highest BCUT2D eigenvalue weighted by atomic mass is 32.2. The first-order chi connectivity index (χ1) is 17.8. The summed E-state index contributed by atoms with van der Waals surface area (Å²) in [4.78, 5) is 53.1. The van der Waals surface area contributed by atoms with Gasteiger partial charge in [-0.15, -0.1) is 0 Å². The fourth-order valence-corrected chi connectivity index (χ4v) is 6.28. The van der Waals surface area contributed by atoms with Crippen LogP contribution in [0.4, 0.5) is 4.79 Å². The normalized spacial score (nSPS) is 15.0. The van der Waals surface area contributed by atoms with Gasteiger partial charge in [-0.3, -0.25) is 14.4 Å². The van der Waals surface area contributed by atoms with Crippen LogP contribution in [0.25, 0.3) is 0 Å². The summed E-state index contributed by atoms with van der Waals surface area (Å²) in [7, 11) is -4.45. The number of sulfonamides is 1. The zero-order valence-electron chi connectivity index (χ0n) is 21.8. The van der Waals surface area contributed by atoms with E-state index in [2.05, 4.69) is 0 Å². The molecular weight excluding hydrogens is 508 g/mol. The molecule has 1 atom stereocenters. The monoisotopic (exact) mass is 541 g/mol. The fraction of sp³-hybridized carbons (Fsp3) is 0.429. The Bertz CT molecular complexity index is 1270. The quantitative estimate of drug-likeness (QED) is 0.334. The highest BCUT2D eigenvalue weighted by Gasteiger charge is 2.43. The molecule has 0 saturated heterocycles. The molecule has 0 N–H and O–H groups in total. The average molecular weight is 542 g/mol. The third kappa shape index (κ3) is 6.66. The Hall–Kier alpha value is -3.53. The molecule has 0 radical (unpaired) electrons. The number of Topliss-reactive ketones (excluding diaryl/α,β-unsaturated/α-hetero) is 2. The zero-order valence-corrected chi connectivity index (χ0v) is 22.6. The van der Waals surface area contributed by atoms with E-state index in [9.17, 15) is 32.7 Å². The van der Waals surface area contributed by atoms with Crippen molar-refractivity contribution < 1.29 is 32.7 Å². The van der Waals surface area contributed by atoms with Crippen LogP contribution in [0.2, 0.25) is 0 Å². The first-order valence-electron chi connectivity index (χ1n) is 12.6. The lowest BCUT2D eigenvalue weighted by Gasteiger charge is -2.42.